The molecule has 3 atom stereocenters. The summed E-state index contributed by atoms with van der Waals surface area (Å²) in [6, 6.07) is 4.65. The maximum Gasteiger partial charge on any atom is 0.0942 e. The summed E-state index contributed by atoms with van der Waals surface area (Å²) in [5, 5.41) is 15.4. The molecule has 0 spiro atoms. The molecule has 1 saturated carbocycles. The van der Waals surface area contributed by atoms with Gasteiger partial charge in [-0.2, -0.15) is 10.4 Å². The number of thioether (sulfide) groups is 1. The molecule has 110 valence electrons. The fraction of sp³-hybridized carbons (Fsp3) is 0.750. The molecule has 1 aromatic heterocycles. The van der Waals surface area contributed by atoms with Gasteiger partial charge in [-0.05, 0) is 43.6 Å². The summed E-state index contributed by atoms with van der Waals surface area (Å²) in [4.78, 5) is 0. The third-order valence-electron chi connectivity index (χ3n) is 4.41. The number of hydrogen-bond donors (Lipinski definition) is 0. The first-order valence-electron chi connectivity index (χ1n) is 7.38. The maximum atomic E-state index is 9.42. The summed E-state index contributed by atoms with van der Waals surface area (Å²) in [5.74, 6) is 0.882. The fourth-order valence-electron chi connectivity index (χ4n) is 3.05. The molecule has 0 bridgehead atoms. The van der Waals surface area contributed by atoms with Crippen LogP contribution in [0.3, 0.4) is 0 Å². The molecule has 0 saturated heterocycles. The van der Waals surface area contributed by atoms with Crippen LogP contribution in [-0.4, -0.2) is 15.0 Å². The highest BCUT2D eigenvalue weighted by molar-refractivity contribution is 7.99. The third kappa shape index (κ3) is 3.38. The molecular formula is C16H25N3S. The molecule has 0 N–H and O–H groups in total. The van der Waals surface area contributed by atoms with Crippen molar-refractivity contribution in [2.75, 3.05) is 0 Å². The molecule has 1 aliphatic carbocycles. The number of aromatic nitrogens is 2. The molecular weight excluding hydrogens is 266 g/mol. The topological polar surface area (TPSA) is 41.6 Å². The smallest absolute Gasteiger partial charge is 0.0942 e. The number of nitriles is 1. The highest BCUT2D eigenvalue weighted by Crippen LogP contribution is 2.45. The van der Waals surface area contributed by atoms with E-state index in [-0.39, 0.29) is 5.92 Å². The van der Waals surface area contributed by atoms with E-state index in [1.54, 1.807) is 0 Å². The van der Waals surface area contributed by atoms with Gasteiger partial charge in [0, 0.05) is 12.3 Å². The molecule has 2 rings (SSSR count). The first-order valence-corrected chi connectivity index (χ1v) is 8.26. The van der Waals surface area contributed by atoms with E-state index in [2.05, 4.69) is 38.0 Å². The van der Waals surface area contributed by atoms with Crippen LogP contribution in [0.25, 0.3) is 0 Å². The molecule has 1 aliphatic rings. The van der Waals surface area contributed by atoms with Crippen molar-refractivity contribution in [3.63, 3.8) is 0 Å². The average Bonchev–Trinajstić information content (AvgIpc) is 2.66. The Balaban J connectivity index is 2.14. The minimum absolute atomic E-state index is 0.175. The Labute approximate surface area is 126 Å². The monoisotopic (exact) mass is 291 g/mol. The third-order valence-corrected chi connectivity index (χ3v) is 5.86. The number of nitrogens with zero attached hydrogens (tertiary/aromatic N) is 3. The van der Waals surface area contributed by atoms with Crippen molar-refractivity contribution < 1.29 is 0 Å². The Hall–Kier alpha value is -0.950. The van der Waals surface area contributed by atoms with E-state index < -0.39 is 0 Å². The van der Waals surface area contributed by atoms with Gasteiger partial charge in [0.2, 0.25) is 0 Å². The van der Waals surface area contributed by atoms with Crippen LogP contribution in [0.2, 0.25) is 0 Å². The molecule has 0 radical (unpaired) electrons. The van der Waals surface area contributed by atoms with E-state index in [1.165, 1.54) is 11.4 Å². The van der Waals surface area contributed by atoms with Crippen LogP contribution in [-0.2, 0) is 7.05 Å². The minimum Gasteiger partial charge on any atom is -0.262 e. The van der Waals surface area contributed by atoms with Gasteiger partial charge in [-0.15, -0.1) is 11.8 Å². The van der Waals surface area contributed by atoms with Crippen LogP contribution >= 0.6 is 11.8 Å². The van der Waals surface area contributed by atoms with E-state index in [9.17, 15) is 5.26 Å². The number of hydrogen-bond acceptors (Lipinski definition) is 3. The fourth-order valence-corrected chi connectivity index (χ4v) is 4.48. The average molecular weight is 291 g/mol. The summed E-state index contributed by atoms with van der Waals surface area (Å²) in [5.41, 5.74) is 1.38. The van der Waals surface area contributed by atoms with Gasteiger partial charge in [-0.3, -0.25) is 4.68 Å². The predicted octanol–water partition coefficient (Wildman–Crippen LogP) is 4.18. The second kappa shape index (κ2) is 5.81. The van der Waals surface area contributed by atoms with Gasteiger partial charge in [0.05, 0.1) is 22.7 Å². The van der Waals surface area contributed by atoms with Gasteiger partial charge in [0.1, 0.15) is 0 Å². The Morgan fingerprint density at radius 2 is 2.10 bits per heavy atom. The van der Waals surface area contributed by atoms with Crippen molar-refractivity contribution in [2.45, 2.75) is 57.2 Å². The van der Waals surface area contributed by atoms with Crippen LogP contribution in [0.15, 0.2) is 11.1 Å². The number of rotatable bonds is 2. The normalized spacial score (nSPS) is 27.3. The SMILES string of the molecule is Cc1cc(SC2CC(C(C)(C)C)CCC2C#N)n(C)n1. The van der Waals surface area contributed by atoms with Gasteiger partial charge in [0.15, 0.2) is 0 Å². The quantitative estimate of drug-likeness (QED) is 0.821. The van der Waals surface area contributed by atoms with Crippen LogP contribution in [0.4, 0.5) is 0 Å². The molecule has 3 unspecified atom stereocenters. The van der Waals surface area contributed by atoms with Gasteiger partial charge in [-0.1, -0.05) is 20.8 Å². The Morgan fingerprint density at radius 1 is 1.40 bits per heavy atom. The first kappa shape index (κ1) is 15.4. The Morgan fingerprint density at radius 3 is 2.60 bits per heavy atom. The minimum atomic E-state index is 0.175. The van der Waals surface area contributed by atoms with Gasteiger partial charge < -0.3 is 0 Å². The zero-order valence-corrected chi connectivity index (χ0v) is 14.0. The Kier molecular flexibility index (Phi) is 4.49. The van der Waals surface area contributed by atoms with Crippen molar-refractivity contribution in [1.82, 2.24) is 9.78 Å². The van der Waals surface area contributed by atoms with E-state index in [0.29, 0.717) is 16.6 Å². The first-order chi connectivity index (χ1) is 9.31. The van der Waals surface area contributed by atoms with Crippen molar-refractivity contribution in [3.05, 3.63) is 11.8 Å². The maximum absolute atomic E-state index is 9.42. The lowest BCUT2D eigenvalue weighted by Crippen LogP contribution is -2.33. The molecule has 3 nitrogen and oxygen atoms in total. The highest BCUT2D eigenvalue weighted by Gasteiger charge is 2.36. The zero-order valence-electron chi connectivity index (χ0n) is 13.2. The summed E-state index contributed by atoms with van der Waals surface area (Å²) in [7, 11) is 1.99. The van der Waals surface area contributed by atoms with E-state index >= 15 is 0 Å². The van der Waals surface area contributed by atoms with Crippen LogP contribution in [0.1, 0.15) is 45.7 Å². The summed E-state index contributed by atoms with van der Waals surface area (Å²) in [6.07, 6.45) is 3.35. The van der Waals surface area contributed by atoms with Gasteiger partial charge in [-0.25, -0.2) is 0 Å². The van der Waals surface area contributed by atoms with Crippen molar-refractivity contribution in [2.24, 2.45) is 24.3 Å². The van der Waals surface area contributed by atoms with Crippen LogP contribution in [0.5, 0.6) is 0 Å². The van der Waals surface area contributed by atoms with Crippen LogP contribution < -0.4 is 0 Å². The molecule has 4 heteroatoms. The van der Waals surface area contributed by atoms with Gasteiger partial charge >= 0.3 is 0 Å². The largest absolute Gasteiger partial charge is 0.262 e. The van der Waals surface area contributed by atoms with E-state index in [0.717, 1.165) is 18.5 Å². The molecule has 0 aromatic carbocycles. The lowest BCUT2D eigenvalue weighted by Gasteiger charge is -2.39. The molecule has 0 amide bonds. The molecule has 1 fully saturated rings. The van der Waals surface area contributed by atoms with Crippen LogP contribution in [0, 0.1) is 35.5 Å². The molecule has 0 aliphatic heterocycles. The summed E-state index contributed by atoms with van der Waals surface area (Å²) in [6.45, 7) is 8.98. The van der Waals surface area contributed by atoms with Crippen molar-refractivity contribution in [1.29, 1.82) is 5.26 Å². The van der Waals surface area contributed by atoms with Gasteiger partial charge in [0.25, 0.3) is 0 Å². The summed E-state index contributed by atoms with van der Waals surface area (Å²) < 4.78 is 1.94. The second-order valence-electron chi connectivity index (χ2n) is 7.02. The zero-order chi connectivity index (χ0) is 14.9. The lowest BCUT2D eigenvalue weighted by molar-refractivity contribution is 0.169. The standard InChI is InChI=1S/C16H25N3S/c1-11-8-15(19(5)18-11)20-14-9-13(16(2,3)4)7-6-12(14)10-17/h8,12-14H,6-7,9H2,1-5H3. The second-order valence-corrected chi connectivity index (χ2v) is 8.27. The van der Waals surface area contributed by atoms with E-state index in [4.69, 9.17) is 0 Å². The number of aryl methyl sites for hydroxylation is 2. The Bertz CT molecular complexity index is 507. The van der Waals surface area contributed by atoms with Crippen molar-refractivity contribution in [3.8, 4) is 6.07 Å². The summed E-state index contributed by atoms with van der Waals surface area (Å²) >= 11 is 1.84. The lowest BCUT2D eigenvalue weighted by atomic mass is 9.70. The predicted molar refractivity (Wildman–Crippen MR) is 83.5 cm³/mol. The molecule has 1 aromatic rings. The highest BCUT2D eigenvalue weighted by atomic mass is 32.2. The molecule has 20 heavy (non-hydrogen) atoms. The van der Waals surface area contributed by atoms with Crippen molar-refractivity contribution >= 4 is 11.8 Å². The molecule has 1 heterocycles. The van der Waals surface area contributed by atoms with E-state index in [1.807, 2.05) is 30.4 Å².